The van der Waals surface area contributed by atoms with Crippen LogP contribution >= 0.6 is 0 Å². The Morgan fingerprint density at radius 1 is 1.14 bits per heavy atom. The Morgan fingerprint density at radius 3 is 2.50 bits per heavy atom. The lowest BCUT2D eigenvalue weighted by Crippen LogP contribution is -2.13. The summed E-state index contributed by atoms with van der Waals surface area (Å²) in [5, 5.41) is 2.65. The standard InChI is InChI=1S/C16H13FN4O/c17-13-4-2-1-3-12(13)15(22)20-11-7-5-10(6-8-11)14-9-19-16(18)21-14/h1-9H,(H,20,22)(H3,18,19,21). The number of anilines is 2. The number of rotatable bonds is 3. The number of halogens is 1. The molecule has 1 aromatic heterocycles. The van der Waals surface area contributed by atoms with Gasteiger partial charge in [-0.1, -0.05) is 24.3 Å². The predicted molar refractivity (Wildman–Crippen MR) is 82.8 cm³/mol. The third kappa shape index (κ3) is 2.80. The summed E-state index contributed by atoms with van der Waals surface area (Å²) in [6, 6.07) is 12.9. The summed E-state index contributed by atoms with van der Waals surface area (Å²) in [5.74, 6) is -0.703. The minimum absolute atomic E-state index is 0.00616. The quantitative estimate of drug-likeness (QED) is 0.694. The van der Waals surface area contributed by atoms with Crippen LogP contribution in [0.3, 0.4) is 0 Å². The zero-order valence-electron chi connectivity index (χ0n) is 11.5. The molecule has 3 aromatic rings. The summed E-state index contributed by atoms with van der Waals surface area (Å²) in [4.78, 5) is 18.9. The highest BCUT2D eigenvalue weighted by atomic mass is 19.1. The second-order valence-electron chi connectivity index (χ2n) is 4.68. The molecule has 0 radical (unpaired) electrons. The highest BCUT2D eigenvalue weighted by molar-refractivity contribution is 6.04. The number of carbonyl (C=O) groups is 1. The lowest BCUT2D eigenvalue weighted by atomic mass is 10.1. The SMILES string of the molecule is Nc1nc(-c2ccc(NC(=O)c3ccccc3F)cc2)c[nH]1. The number of aromatic amines is 1. The van der Waals surface area contributed by atoms with Crippen LogP contribution in [0.5, 0.6) is 0 Å². The van der Waals surface area contributed by atoms with Gasteiger partial charge in [-0.3, -0.25) is 4.79 Å². The van der Waals surface area contributed by atoms with E-state index in [1.165, 1.54) is 18.2 Å². The fraction of sp³-hybridized carbons (Fsp3) is 0. The zero-order chi connectivity index (χ0) is 15.5. The van der Waals surface area contributed by atoms with Gasteiger partial charge in [0.05, 0.1) is 11.3 Å². The van der Waals surface area contributed by atoms with E-state index in [0.29, 0.717) is 17.3 Å². The number of hydrogen-bond acceptors (Lipinski definition) is 3. The van der Waals surface area contributed by atoms with Gasteiger partial charge in [0.1, 0.15) is 5.82 Å². The van der Waals surface area contributed by atoms with Gasteiger partial charge in [-0.25, -0.2) is 9.37 Å². The summed E-state index contributed by atoms with van der Waals surface area (Å²) in [6.45, 7) is 0. The first-order valence-corrected chi connectivity index (χ1v) is 6.61. The highest BCUT2D eigenvalue weighted by Crippen LogP contribution is 2.20. The molecule has 2 aromatic carbocycles. The van der Waals surface area contributed by atoms with Gasteiger partial charge in [0, 0.05) is 17.4 Å². The molecule has 3 rings (SSSR count). The molecule has 0 spiro atoms. The molecular weight excluding hydrogens is 283 g/mol. The molecule has 4 N–H and O–H groups in total. The fourth-order valence-electron chi connectivity index (χ4n) is 2.05. The van der Waals surface area contributed by atoms with Gasteiger partial charge in [-0.05, 0) is 24.3 Å². The van der Waals surface area contributed by atoms with Crippen molar-refractivity contribution in [3.8, 4) is 11.3 Å². The Hall–Kier alpha value is -3.15. The number of imidazole rings is 1. The normalized spacial score (nSPS) is 10.4. The molecule has 0 aliphatic carbocycles. The molecule has 0 fully saturated rings. The number of amides is 1. The van der Waals surface area contributed by atoms with E-state index in [0.717, 1.165) is 5.56 Å². The van der Waals surface area contributed by atoms with Gasteiger partial charge in [0.15, 0.2) is 5.95 Å². The monoisotopic (exact) mass is 296 g/mol. The number of benzene rings is 2. The number of hydrogen-bond donors (Lipinski definition) is 3. The first-order valence-electron chi connectivity index (χ1n) is 6.61. The Morgan fingerprint density at radius 2 is 1.86 bits per heavy atom. The van der Waals surface area contributed by atoms with Crippen molar-refractivity contribution >= 4 is 17.5 Å². The van der Waals surface area contributed by atoms with Crippen molar-refractivity contribution in [3.63, 3.8) is 0 Å². The van der Waals surface area contributed by atoms with Crippen molar-refractivity contribution in [1.29, 1.82) is 0 Å². The third-order valence-electron chi connectivity index (χ3n) is 3.15. The summed E-state index contributed by atoms with van der Waals surface area (Å²) < 4.78 is 13.5. The van der Waals surface area contributed by atoms with Crippen molar-refractivity contribution in [2.75, 3.05) is 11.1 Å². The molecule has 0 saturated carbocycles. The largest absolute Gasteiger partial charge is 0.369 e. The lowest BCUT2D eigenvalue weighted by Gasteiger charge is -2.06. The Labute approximate surface area is 126 Å². The molecule has 22 heavy (non-hydrogen) atoms. The van der Waals surface area contributed by atoms with Crippen LogP contribution in [0.25, 0.3) is 11.3 Å². The number of nitrogens with one attached hydrogen (secondary N) is 2. The van der Waals surface area contributed by atoms with Crippen LogP contribution in [0, 0.1) is 5.82 Å². The van der Waals surface area contributed by atoms with Crippen molar-refractivity contribution in [3.05, 3.63) is 66.1 Å². The molecule has 5 nitrogen and oxygen atoms in total. The van der Waals surface area contributed by atoms with Crippen molar-refractivity contribution in [2.24, 2.45) is 0 Å². The zero-order valence-corrected chi connectivity index (χ0v) is 11.5. The molecule has 0 saturated heterocycles. The molecule has 0 bridgehead atoms. The molecule has 110 valence electrons. The van der Waals surface area contributed by atoms with E-state index in [2.05, 4.69) is 15.3 Å². The second-order valence-corrected chi connectivity index (χ2v) is 4.68. The van der Waals surface area contributed by atoms with Gasteiger partial charge in [0.25, 0.3) is 5.91 Å². The molecular formula is C16H13FN4O. The topological polar surface area (TPSA) is 83.8 Å². The minimum Gasteiger partial charge on any atom is -0.369 e. The fourth-order valence-corrected chi connectivity index (χ4v) is 2.05. The Kier molecular flexibility index (Phi) is 3.57. The minimum atomic E-state index is -0.552. The van der Waals surface area contributed by atoms with Gasteiger partial charge < -0.3 is 16.0 Å². The van der Waals surface area contributed by atoms with Gasteiger partial charge >= 0.3 is 0 Å². The Bertz CT molecular complexity index is 811. The van der Waals surface area contributed by atoms with Crippen LogP contribution in [0.15, 0.2) is 54.7 Å². The summed E-state index contributed by atoms with van der Waals surface area (Å²) in [7, 11) is 0. The van der Waals surface area contributed by atoms with Crippen molar-refractivity contribution in [2.45, 2.75) is 0 Å². The number of aromatic nitrogens is 2. The van der Waals surface area contributed by atoms with Gasteiger partial charge in [0.2, 0.25) is 0 Å². The Balaban J connectivity index is 1.76. The predicted octanol–water partition coefficient (Wildman–Crippen LogP) is 3.05. The molecule has 6 heteroatoms. The van der Waals surface area contributed by atoms with Crippen LogP contribution in [0.1, 0.15) is 10.4 Å². The molecule has 1 heterocycles. The summed E-state index contributed by atoms with van der Waals surface area (Å²) in [6.07, 6.45) is 1.70. The van der Waals surface area contributed by atoms with Crippen LogP contribution < -0.4 is 11.1 Å². The van der Waals surface area contributed by atoms with E-state index >= 15 is 0 Å². The average Bonchev–Trinajstić information content (AvgIpc) is 2.95. The number of nitrogens with zero attached hydrogens (tertiary/aromatic N) is 1. The molecule has 1 amide bonds. The van der Waals surface area contributed by atoms with E-state index in [9.17, 15) is 9.18 Å². The van der Waals surface area contributed by atoms with E-state index in [1.807, 2.05) is 0 Å². The first kappa shape index (κ1) is 13.8. The number of nitrogens with two attached hydrogens (primary N) is 1. The number of H-pyrrole nitrogens is 1. The van der Waals surface area contributed by atoms with Gasteiger partial charge in [-0.2, -0.15) is 0 Å². The molecule has 0 aliphatic heterocycles. The van der Waals surface area contributed by atoms with Crippen molar-refractivity contribution < 1.29 is 9.18 Å². The van der Waals surface area contributed by atoms with Crippen LogP contribution in [-0.2, 0) is 0 Å². The summed E-state index contributed by atoms with van der Waals surface area (Å²) in [5.41, 5.74) is 7.68. The maximum absolute atomic E-state index is 13.5. The van der Waals surface area contributed by atoms with E-state index in [1.54, 1.807) is 36.5 Å². The molecule has 0 atom stereocenters. The van der Waals surface area contributed by atoms with E-state index in [-0.39, 0.29) is 5.56 Å². The number of nitrogen functional groups attached to an aromatic ring is 1. The van der Waals surface area contributed by atoms with E-state index < -0.39 is 11.7 Å². The molecule has 0 unspecified atom stereocenters. The second kappa shape index (κ2) is 5.69. The maximum Gasteiger partial charge on any atom is 0.258 e. The van der Waals surface area contributed by atoms with E-state index in [4.69, 9.17) is 5.73 Å². The highest BCUT2D eigenvalue weighted by Gasteiger charge is 2.11. The average molecular weight is 296 g/mol. The van der Waals surface area contributed by atoms with Gasteiger partial charge in [-0.15, -0.1) is 0 Å². The summed E-state index contributed by atoms with van der Waals surface area (Å²) >= 11 is 0. The first-order chi connectivity index (χ1) is 10.6. The van der Waals surface area contributed by atoms with Crippen LogP contribution in [-0.4, -0.2) is 15.9 Å². The smallest absolute Gasteiger partial charge is 0.258 e. The maximum atomic E-state index is 13.5. The van der Waals surface area contributed by atoms with Crippen molar-refractivity contribution in [1.82, 2.24) is 9.97 Å². The third-order valence-corrected chi connectivity index (χ3v) is 3.15. The van der Waals surface area contributed by atoms with Crippen LogP contribution in [0.2, 0.25) is 0 Å². The van der Waals surface area contributed by atoms with Crippen LogP contribution in [0.4, 0.5) is 16.0 Å². The molecule has 0 aliphatic rings. The lowest BCUT2D eigenvalue weighted by molar-refractivity contribution is 0.102. The number of carbonyl (C=O) groups excluding carboxylic acids is 1.